The molecule has 0 spiro atoms. The van der Waals surface area contributed by atoms with Gasteiger partial charge in [-0.25, -0.2) is 9.18 Å². The zero-order valence-electron chi connectivity index (χ0n) is 15.4. The minimum atomic E-state index is -0.693. The molecule has 7 nitrogen and oxygen atoms in total. The van der Waals surface area contributed by atoms with Crippen molar-refractivity contribution in [3.8, 4) is 5.88 Å². The fourth-order valence-corrected chi connectivity index (χ4v) is 2.69. The predicted molar refractivity (Wildman–Crippen MR) is 105 cm³/mol. The molecule has 2 N–H and O–H groups in total. The van der Waals surface area contributed by atoms with Gasteiger partial charge in [0.15, 0.2) is 0 Å². The highest BCUT2D eigenvalue weighted by atomic mass is 19.1. The van der Waals surface area contributed by atoms with Gasteiger partial charge in [-0.2, -0.15) is 0 Å². The molecule has 28 heavy (non-hydrogen) atoms. The smallest absolute Gasteiger partial charge is 0.333 e. The van der Waals surface area contributed by atoms with Gasteiger partial charge in [-0.05, 0) is 29.8 Å². The Bertz CT molecular complexity index is 1150. The van der Waals surface area contributed by atoms with E-state index in [1.807, 2.05) is 6.07 Å². The molecular formula is C20H19FN4O3. The number of aromatic hydroxyl groups is 1. The van der Waals surface area contributed by atoms with Crippen LogP contribution in [0.2, 0.25) is 0 Å². The number of anilines is 1. The number of aromatic nitrogens is 2. The first-order chi connectivity index (χ1) is 13.4. The number of nitrogens with one attached hydrogen (secondary N) is 1. The van der Waals surface area contributed by atoms with E-state index in [0.29, 0.717) is 11.3 Å². The normalized spacial score (nSPS) is 11.5. The quantitative estimate of drug-likeness (QED) is 0.534. The van der Waals surface area contributed by atoms with Crippen molar-refractivity contribution in [2.75, 3.05) is 5.32 Å². The molecule has 0 bridgehead atoms. The molecule has 0 atom stereocenters. The minimum Gasteiger partial charge on any atom is -0.494 e. The lowest BCUT2D eigenvalue weighted by molar-refractivity contribution is 0.410. The zero-order chi connectivity index (χ0) is 20.3. The highest BCUT2D eigenvalue weighted by molar-refractivity contribution is 6.09. The van der Waals surface area contributed by atoms with Crippen molar-refractivity contribution in [2.24, 2.45) is 19.1 Å². The van der Waals surface area contributed by atoms with Crippen LogP contribution in [0.4, 0.5) is 10.1 Å². The van der Waals surface area contributed by atoms with Crippen LogP contribution in [0.1, 0.15) is 11.1 Å². The third-order valence-corrected chi connectivity index (χ3v) is 4.22. The topological polar surface area (TPSA) is 88.6 Å². The maximum Gasteiger partial charge on any atom is 0.333 e. The van der Waals surface area contributed by atoms with Gasteiger partial charge >= 0.3 is 5.69 Å². The number of halogens is 1. The SMILES string of the molecule is Cn1c(O)c(C(=NCc2cccc(F)c2)Nc2ccccc2)c(=O)n(C)c1=O. The Hall–Kier alpha value is -3.68. The van der Waals surface area contributed by atoms with E-state index < -0.39 is 22.9 Å². The summed E-state index contributed by atoms with van der Waals surface area (Å²) in [5, 5.41) is 13.4. The molecule has 0 aliphatic rings. The standard InChI is InChI=1S/C20H19FN4O3/c1-24-18(26)16(19(27)25(2)20(24)28)17(23-15-9-4-3-5-10-15)22-12-13-7-6-8-14(21)11-13/h3-11,26H,12H2,1-2H3,(H,22,23). The number of amidine groups is 1. The number of aliphatic imine (C=N–C) groups is 1. The summed E-state index contributed by atoms with van der Waals surface area (Å²) in [5.41, 5.74) is -0.272. The van der Waals surface area contributed by atoms with Gasteiger partial charge in [0, 0.05) is 19.8 Å². The van der Waals surface area contributed by atoms with Crippen molar-refractivity contribution in [1.82, 2.24) is 9.13 Å². The molecule has 2 aromatic carbocycles. The van der Waals surface area contributed by atoms with E-state index in [1.165, 1.54) is 26.2 Å². The van der Waals surface area contributed by atoms with E-state index in [9.17, 15) is 19.1 Å². The molecule has 0 unspecified atom stereocenters. The maximum atomic E-state index is 13.4. The molecule has 0 aliphatic heterocycles. The summed E-state index contributed by atoms with van der Waals surface area (Å²) < 4.78 is 15.3. The first-order valence-corrected chi connectivity index (χ1v) is 8.49. The van der Waals surface area contributed by atoms with Crippen molar-refractivity contribution in [3.63, 3.8) is 0 Å². The number of hydrogen-bond donors (Lipinski definition) is 2. The van der Waals surface area contributed by atoms with Crippen LogP contribution in [-0.2, 0) is 20.6 Å². The summed E-state index contributed by atoms with van der Waals surface area (Å²) in [7, 11) is 2.67. The molecular weight excluding hydrogens is 363 g/mol. The lowest BCUT2D eigenvalue weighted by atomic mass is 10.2. The maximum absolute atomic E-state index is 13.4. The molecule has 3 rings (SSSR count). The van der Waals surface area contributed by atoms with Crippen LogP contribution in [0.25, 0.3) is 0 Å². The van der Waals surface area contributed by atoms with Gasteiger partial charge in [-0.15, -0.1) is 0 Å². The molecule has 8 heteroatoms. The molecule has 0 saturated heterocycles. The molecule has 0 aliphatic carbocycles. The Balaban J connectivity index is 2.13. The summed E-state index contributed by atoms with van der Waals surface area (Å²) in [4.78, 5) is 29.1. The van der Waals surface area contributed by atoms with Crippen molar-refractivity contribution in [3.05, 3.63) is 92.4 Å². The lowest BCUT2D eigenvalue weighted by Gasteiger charge is -2.14. The molecule has 0 fully saturated rings. The Morgan fingerprint density at radius 1 is 1.07 bits per heavy atom. The first-order valence-electron chi connectivity index (χ1n) is 8.49. The van der Waals surface area contributed by atoms with Gasteiger partial charge in [0.1, 0.15) is 17.2 Å². The Morgan fingerprint density at radius 2 is 1.79 bits per heavy atom. The molecule has 0 amide bonds. The van der Waals surface area contributed by atoms with E-state index in [4.69, 9.17) is 0 Å². The van der Waals surface area contributed by atoms with Crippen molar-refractivity contribution in [1.29, 1.82) is 0 Å². The number of benzene rings is 2. The highest BCUT2D eigenvalue weighted by Gasteiger charge is 2.20. The molecule has 1 aromatic heterocycles. The van der Waals surface area contributed by atoms with Crippen LogP contribution >= 0.6 is 0 Å². The molecule has 0 radical (unpaired) electrons. The Kier molecular flexibility index (Phi) is 5.39. The number of rotatable bonds is 4. The van der Waals surface area contributed by atoms with Crippen LogP contribution in [0, 0.1) is 5.82 Å². The van der Waals surface area contributed by atoms with Crippen molar-refractivity contribution < 1.29 is 9.50 Å². The fourth-order valence-electron chi connectivity index (χ4n) is 2.69. The monoisotopic (exact) mass is 382 g/mol. The van der Waals surface area contributed by atoms with Crippen LogP contribution in [0.3, 0.4) is 0 Å². The summed E-state index contributed by atoms with van der Waals surface area (Å²) in [6, 6.07) is 14.9. The lowest BCUT2D eigenvalue weighted by Crippen LogP contribution is -2.41. The van der Waals surface area contributed by atoms with E-state index >= 15 is 0 Å². The van der Waals surface area contributed by atoms with E-state index in [1.54, 1.807) is 36.4 Å². The van der Waals surface area contributed by atoms with Crippen LogP contribution in [0.15, 0.2) is 69.2 Å². The van der Waals surface area contributed by atoms with Gasteiger partial charge in [-0.3, -0.25) is 18.9 Å². The number of hydrogen-bond acceptors (Lipinski definition) is 4. The van der Waals surface area contributed by atoms with Crippen LogP contribution in [0.5, 0.6) is 5.88 Å². The van der Waals surface area contributed by atoms with Gasteiger partial charge in [0.2, 0.25) is 5.88 Å². The number of nitrogens with zero attached hydrogens (tertiary/aromatic N) is 3. The highest BCUT2D eigenvalue weighted by Crippen LogP contribution is 2.15. The van der Waals surface area contributed by atoms with E-state index in [0.717, 1.165) is 9.13 Å². The van der Waals surface area contributed by atoms with Gasteiger partial charge in [0.25, 0.3) is 5.56 Å². The van der Waals surface area contributed by atoms with Gasteiger partial charge < -0.3 is 10.4 Å². The minimum absolute atomic E-state index is 0.0678. The Labute approximate surface area is 160 Å². The molecule has 3 aromatic rings. The van der Waals surface area contributed by atoms with Crippen molar-refractivity contribution in [2.45, 2.75) is 6.54 Å². The fraction of sp³-hybridized carbons (Fsp3) is 0.150. The third-order valence-electron chi connectivity index (χ3n) is 4.22. The third kappa shape index (κ3) is 3.85. The van der Waals surface area contributed by atoms with E-state index in [-0.39, 0.29) is 17.9 Å². The average Bonchev–Trinajstić information content (AvgIpc) is 2.70. The summed E-state index contributed by atoms with van der Waals surface area (Å²) in [6.45, 7) is 0.0678. The second-order valence-corrected chi connectivity index (χ2v) is 6.19. The van der Waals surface area contributed by atoms with E-state index in [2.05, 4.69) is 10.3 Å². The van der Waals surface area contributed by atoms with Crippen LogP contribution in [-0.4, -0.2) is 20.1 Å². The summed E-state index contributed by atoms with van der Waals surface area (Å²) >= 11 is 0. The second-order valence-electron chi connectivity index (χ2n) is 6.19. The molecule has 0 saturated carbocycles. The zero-order valence-corrected chi connectivity index (χ0v) is 15.4. The summed E-state index contributed by atoms with van der Waals surface area (Å²) in [5.74, 6) is -0.829. The van der Waals surface area contributed by atoms with Crippen LogP contribution < -0.4 is 16.6 Å². The molecule has 144 valence electrons. The molecule has 1 heterocycles. The predicted octanol–water partition coefficient (Wildman–Crippen LogP) is 1.99. The number of para-hydroxylation sites is 1. The van der Waals surface area contributed by atoms with Gasteiger partial charge in [0.05, 0.1) is 6.54 Å². The Morgan fingerprint density at radius 3 is 2.46 bits per heavy atom. The average molecular weight is 382 g/mol. The largest absolute Gasteiger partial charge is 0.494 e. The van der Waals surface area contributed by atoms with Crippen molar-refractivity contribution >= 4 is 11.5 Å². The first kappa shape index (κ1) is 19.1. The second kappa shape index (κ2) is 7.91. The van der Waals surface area contributed by atoms with Gasteiger partial charge in [-0.1, -0.05) is 30.3 Å². The summed E-state index contributed by atoms with van der Waals surface area (Å²) in [6.07, 6.45) is 0.